The van der Waals surface area contributed by atoms with Crippen LogP contribution in [0.2, 0.25) is 0 Å². The van der Waals surface area contributed by atoms with E-state index in [2.05, 4.69) is 29.3 Å². The molecule has 0 radical (unpaired) electrons. The van der Waals surface area contributed by atoms with Gasteiger partial charge >= 0.3 is 0 Å². The van der Waals surface area contributed by atoms with E-state index in [1.165, 1.54) is 31.4 Å². The second-order valence-electron chi connectivity index (χ2n) is 7.28. The number of piperidine rings is 1. The van der Waals surface area contributed by atoms with Crippen LogP contribution in [0.4, 0.5) is 5.69 Å². The zero-order chi connectivity index (χ0) is 18.4. The molecule has 2 aromatic rings. The van der Waals surface area contributed by atoms with Crippen molar-refractivity contribution in [1.29, 1.82) is 0 Å². The van der Waals surface area contributed by atoms with E-state index >= 15 is 0 Å². The summed E-state index contributed by atoms with van der Waals surface area (Å²) in [6, 6.07) is 18.3. The van der Waals surface area contributed by atoms with E-state index in [9.17, 15) is 4.79 Å². The van der Waals surface area contributed by atoms with E-state index in [1.807, 2.05) is 42.5 Å². The van der Waals surface area contributed by atoms with E-state index in [4.69, 9.17) is 5.73 Å². The monoisotopic (exact) mass is 423 g/mol. The number of hydrogen-bond acceptors (Lipinski definition) is 3. The molecule has 0 saturated carbocycles. The number of nitrogens with zero attached hydrogens (tertiary/aromatic N) is 1. The molecule has 2 aromatic carbocycles. The summed E-state index contributed by atoms with van der Waals surface area (Å²) >= 11 is 0. The first kappa shape index (κ1) is 24.4. The van der Waals surface area contributed by atoms with Gasteiger partial charge in [0.1, 0.15) is 0 Å². The summed E-state index contributed by atoms with van der Waals surface area (Å²) in [6.07, 6.45) is 4.20. The summed E-state index contributed by atoms with van der Waals surface area (Å²) in [4.78, 5) is 14.8. The smallest absolute Gasteiger partial charge is 0.226 e. The van der Waals surface area contributed by atoms with Crippen LogP contribution in [-0.2, 0) is 11.3 Å². The van der Waals surface area contributed by atoms with Gasteiger partial charge in [-0.15, -0.1) is 24.8 Å². The molecule has 1 saturated heterocycles. The molecule has 1 heterocycles. The first-order valence-corrected chi connectivity index (χ1v) is 9.55. The fourth-order valence-corrected chi connectivity index (χ4v) is 3.55. The predicted octanol–water partition coefficient (Wildman–Crippen LogP) is 4.93. The minimum atomic E-state index is -0.281. The number of nitrogens with one attached hydrogen (secondary N) is 1. The number of benzene rings is 2. The highest BCUT2D eigenvalue weighted by atomic mass is 35.5. The Morgan fingerprint density at radius 1 is 1.11 bits per heavy atom. The van der Waals surface area contributed by atoms with Crippen LogP contribution in [0.5, 0.6) is 0 Å². The highest BCUT2D eigenvalue weighted by Gasteiger charge is 2.18. The Morgan fingerprint density at radius 2 is 1.79 bits per heavy atom. The number of nitrogens with two attached hydrogens (primary N) is 1. The lowest BCUT2D eigenvalue weighted by molar-refractivity contribution is -0.116. The fourth-order valence-electron chi connectivity index (χ4n) is 3.55. The second kappa shape index (κ2) is 12.1. The highest BCUT2D eigenvalue weighted by Crippen LogP contribution is 2.20. The van der Waals surface area contributed by atoms with Crippen molar-refractivity contribution in [1.82, 2.24) is 4.90 Å². The van der Waals surface area contributed by atoms with Gasteiger partial charge in [0, 0.05) is 30.7 Å². The van der Waals surface area contributed by atoms with E-state index < -0.39 is 0 Å². The lowest BCUT2D eigenvalue weighted by Crippen LogP contribution is -2.36. The highest BCUT2D eigenvalue weighted by molar-refractivity contribution is 5.91. The largest absolute Gasteiger partial charge is 0.326 e. The average molecular weight is 424 g/mol. The number of carbonyl (C=O) groups is 1. The maximum Gasteiger partial charge on any atom is 0.226 e. The molecule has 4 nitrogen and oxygen atoms in total. The van der Waals surface area contributed by atoms with Crippen LogP contribution in [0.25, 0.3) is 0 Å². The van der Waals surface area contributed by atoms with Crippen LogP contribution in [-0.4, -0.2) is 23.4 Å². The second-order valence-corrected chi connectivity index (χ2v) is 7.28. The Morgan fingerprint density at radius 3 is 2.43 bits per heavy atom. The number of rotatable bonds is 6. The van der Waals surface area contributed by atoms with E-state index in [0.717, 1.165) is 17.8 Å². The number of likely N-dealkylation sites (tertiary alicyclic amines) is 1. The molecule has 1 aliphatic heterocycles. The van der Waals surface area contributed by atoms with Crippen LogP contribution < -0.4 is 11.1 Å². The predicted molar refractivity (Wildman–Crippen MR) is 121 cm³/mol. The Balaban J connectivity index is 0.00000196. The molecule has 3 rings (SSSR count). The van der Waals surface area contributed by atoms with E-state index in [0.29, 0.717) is 6.04 Å². The minimum absolute atomic E-state index is 0. The molecular weight excluding hydrogens is 393 g/mol. The molecule has 28 heavy (non-hydrogen) atoms. The molecule has 1 fully saturated rings. The SMILES string of the molecule is CC1CCCCN1Cc1ccc(NC(=O)CC(N)c2ccccc2)cc1.Cl.Cl. The zero-order valence-corrected chi connectivity index (χ0v) is 18.0. The van der Waals surface area contributed by atoms with E-state index in [1.54, 1.807) is 0 Å². The number of amides is 1. The van der Waals surface area contributed by atoms with Gasteiger partial charge < -0.3 is 11.1 Å². The fraction of sp³-hybridized carbons (Fsp3) is 0.409. The minimum Gasteiger partial charge on any atom is -0.326 e. The number of carbonyl (C=O) groups excluding carboxylic acids is 1. The van der Waals surface area contributed by atoms with Crippen molar-refractivity contribution in [2.24, 2.45) is 5.73 Å². The molecule has 1 amide bonds. The first-order valence-electron chi connectivity index (χ1n) is 9.55. The maximum absolute atomic E-state index is 12.2. The van der Waals surface area contributed by atoms with Crippen molar-refractivity contribution >= 4 is 36.4 Å². The first-order chi connectivity index (χ1) is 12.6. The van der Waals surface area contributed by atoms with Gasteiger partial charge in [-0.3, -0.25) is 9.69 Å². The molecule has 2 unspecified atom stereocenters. The van der Waals surface area contributed by atoms with Crippen molar-refractivity contribution in [3.05, 3.63) is 65.7 Å². The molecule has 1 aliphatic rings. The van der Waals surface area contributed by atoms with Crippen LogP contribution in [0.3, 0.4) is 0 Å². The van der Waals surface area contributed by atoms with Crippen molar-refractivity contribution in [3.8, 4) is 0 Å². The third-order valence-electron chi connectivity index (χ3n) is 5.20. The van der Waals surface area contributed by atoms with Gasteiger partial charge in [0.05, 0.1) is 0 Å². The van der Waals surface area contributed by atoms with Crippen molar-refractivity contribution in [2.45, 2.75) is 51.2 Å². The Hall–Kier alpha value is -1.59. The lowest BCUT2D eigenvalue weighted by atomic mass is 10.0. The van der Waals surface area contributed by atoms with Crippen molar-refractivity contribution < 1.29 is 4.79 Å². The van der Waals surface area contributed by atoms with Gasteiger partial charge in [0.2, 0.25) is 5.91 Å². The molecule has 6 heteroatoms. The topological polar surface area (TPSA) is 58.4 Å². The van der Waals surface area contributed by atoms with Crippen molar-refractivity contribution in [3.63, 3.8) is 0 Å². The third kappa shape index (κ3) is 7.10. The van der Waals surface area contributed by atoms with Gasteiger partial charge in [-0.25, -0.2) is 0 Å². The summed E-state index contributed by atoms with van der Waals surface area (Å²) in [5.41, 5.74) is 9.22. The Labute approximate surface area is 180 Å². The molecule has 154 valence electrons. The van der Waals surface area contributed by atoms with Gasteiger partial charge in [-0.05, 0) is 49.6 Å². The molecular formula is C22H31Cl2N3O. The molecule has 3 N–H and O–H groups in total. The van der Waals surface area contributed by atoms with Crippen LogP contribution in [0.1, 0.15) is 49.8 Å². The Kier molecular flexibility index (Phi) is 10.5. The summed E-state index contributed by atoms with van der Waals surface area (Å²) in [6.45, 7) is 4.47. The standard InChI is InChI=1S/C22H29N3O.2ClH/c1-17-7-5-6-14-25(17)16-18-10-12-20(13-11-18)24-22(26)15-21(23)19-8-3-2-4-9-19;;/h2-4,8-13,17,21H,5-7,14-16,23H2,1H3,(H,24,26);2*1H. The summed E-state index contributed by atoms with van der Waals surface area (Å²) < 4.78 is 0. The molecule has 0 aromatic heterocycles. The van der Waals surface area contributed by atoms with Gasteiger partial charge in [-0.2, -0.15) is 0 Å². The zero-order valence-electron chi connectivity index (χ0n) is 16.3. The van der Waals surface area contributed by atoms with Crippen molar-refractivity contribution in [2.75, 3.05) is 11.9 Å². The van der Waals surface area contributed by atoms with Gasteiger partial charge in [-0.1, -0.05) is 48.9 Å². The summed E-state index contributed by atoms with van der Waals surface area (Å²) in [5, 5.41) is 2.95. The van der Waals surface area contributed by atoms with Crippen LogP contribution >= 0.6 is 24.8 Å². The van der Waals surface area contributed by atoms with Crippen LogP contribution in [0.15, 0.2) is 54.6 Å². The number of hydrogen-bond donors (Lipinski definition) is 2. The molecule has 2 atom stereocenters. The quantitative estimate of drug-likeness (QED) is 0.691. The van der Waals surface area contributed by atoms with Gasteiger partial charge in [0.15, 0.2) is 0 Å². The lowest BCUT2D eigenvalue weighted by Gasteiger charge is -2.33. The summed E-state index contributed by atoms with van der Waals surface area (Å²) in [7, 11) is 0. The Bertz CT molecular complexity index is 709. The average Bonchev–Trinajstić information content (AvgIpc) is 2.66. The number of halogens is 2. The molecule has 0 bridgehead atoms. The molecule has 0 spiro atoms. The van der Waals surface area contributed by atoms with Gasteiger partial charge in [0.25, 0.3) is 0 Å². The normalized spacial score (nSPS) is 17.7. The van der Waals surface area contributed by atoms with Crippen LogP contribution in [0, 0.1) is 0 Å². The third-order valence-corrected chi connectivity index (χ3v) is 5.20. The van der Waals surface area contributed by atoms with E-state index in [-0.39, 0.29) is 43.2 Å². The maximum atomic E-state index is 12.2. The number of anilines is 1. The molecule has 0 aliphatic carbocycles. The summed E-state index contributed by atoms with van der Waals surface area (Å²) in [5.74, 6) is -0.0567.